The van der Waals surface area contributed by atoms with E-state index in [-0.39, 0.29) is 11.3 Å². The number of thioether (sulfide) groups is 1. The van der Waals surface area contributed by atoms with Gasteiger partial charge in [0.05, 0.1) is 15.1 Å². The lowest BCUT2D eigenvalue weighted by Gasteiger charge is -2.15. The SMILES string of the molecule is CCCCCCCSc1nc2ccc(S(=O)(=O)NC(CCCc3ccccc3)C(=O)O)cc2s1. The van der Waals surface area contributed by atoms with Crippen LogP contribution in [0.1, 0.15) is 57.4 Å². The Morgan fingerprint density at radius 3 is 2.59 bits per heavy atom. The van der Waals surface area contributed by atoms with Crippen LogP contribution in [0.4, 0.5) is 0 Å². The molecule has 0 fully saturated rings. The number of carboxylic acids is 1. The first-order valence-corrected chi connectivity index (χ1v) is 15.0. The molecule has 1 atom stereocenters. The molecule has 9 heteroatoms. The number of aryl methyl sites for hydroxylation is 1. The molecule has 3 rings (SSSR count). The first kappa shape index (κ1) is 26.7. The number of hydrogen-bond acceptors (Lipinski definition) is 6. The van der Waals surface area contributed by atoms with Gasteiger partial charge in [-0.25, -0.2) is 13.4 Å². The first-order chi connectivity index (χ1) is 16.4. The fourth-order valence-electron chi connectivity index (χ4n) is 3.62. The van der Waals surface area contributed by atoms with Crippen LogP contribution in [0.3, 0.4) is 0 Å². The smallest absolute Gasteiger partial charge is 0.321 e. The van der Waals surface area contributed by atoms with Gasteiger partial charge in [-0.1, -0.05) is 74.7 Å². The number of nitrogens with one attached hydrogen (secondary N) is 1. The van der Waals surface area contributed by atoms with Crippen LogP contribution in [0.2, 0.25) is 0 Å². The third kappa shape index (κ3) is 8.08. The van der Waals surface area contributed by atoms with Crippen molar-refractivity contribution in [2.75, 3.05) is 5.75 Å². The molecular weight excluding hydrogens is 488 g/mol. The number of carbonyl (C=O) groups is 1. The van der Waals surface area contributed by atoms with Crippen molar-refractivity contribution in [2.45, 2.75) is 73.6 Å². The Morgan fingerprint density at radius 2 is 1.85 bits per heavy atom. The monoisotopic (exact) mass is 520 g/mol. The molecule has 6 nitrogen and oxygen atoms in total. The van der Waals surface area contributed by atoms with Crippen LogP contribution in [0.5, 0.6) is 0 Å². The van der Waals surface area contributed by atoms with E-state index in [1.165, 1.54) is 43.1 Å². The molecule has 1 aromatic heterocycles. The lowest BCUT2D eigenvalue weighted by atomic mass is 10.1. The van der Waals surface area contributed by atoms with Crippen molar-refractivity contribution < 1.29 is 18.3 Å². The van der Waals surface area contributed by atoms with Gasteiger partial charge in [-0.3, -0.25) is 4.79 Å². The molecule has 2 N–H and O–H groups in total. The molecule has 0 saturated heterocycles. The molecule has 0 radical (unpaired) electrons. The van der Waals surface area contributed by atoms with E-state index >= 15 is 0 Å². The molecule has 1 heterocycles. The van der Waals surface area contributed by atoms with E-state index in [1.807, 2.05) is 30.3 Å². The van der Waals surface area contributed by atoms with Crippen molar-refractivity contribution in [3.05, 3.63) is 54.1 Å². The molecule has 1 unspecified atom stereocenters. The summed E-state index contributed by atoms with van der Waals surface area (Å²) in [7, 11) is -3.97. The number of rotatable bonds is 15. The maximum absolute atomic E-state index is 12.9. The zero-order chi connectivity index (χ0) is 24.4. The Morgan fingerprint density at radius 1 is 1.09 bits per heavy atom. The summed E-state index contributed by atoms with van der Waals surface area (Å²) in [5.41, 5.74) is 1.86. The Bertz CT molecular complexity index is 1160. The fraction of sp³-hybridized carbons (Fsp3) is 0.440. The highest BCUT2D eigenvalue weighted by molar-refractivity contribution is 8.01. The average molecular weight is 521 g/mol. The number of nitrogens with zero attached hydrogens (tertiary/aromatic N) is 1. The predicted octanol–water partition coefficient (Wildman–Crippen LogP) is 6.11. The minimum Gasteiger partial charge on any atom is -0.480 e. The minimum atomic E-state index is -3.97. The topological polar surface area (TPSA) is 96.4 Å². The molecule has 2 aromatic carbocycles. The molecular formula is C25H32N2O4S3. The van der Waals surface area contributed by atoms with Gasteiger partial charge >= 0.3 is 5.97 Å². The highest BCUT2D eigenvalue weighted by Crippen LogP contribution is 2.31. The largest absolute Gasteiger partial charge is 0.480 e. The summed E-state index contributed by atoms with van der Waals surface area (Å²) in [6.45, 7) is 2.20. The van der Waals surface area contributed by atoms with Gasteiger partial charge in [-0.05, 0) is 49.4 Å². The van der Waals surface area contributed by atoms with E-state index < -0.39 is 22.0 Å². The van der Waals surface area contributed by atoms with Gasteiger partial charge in [-0.2, -0.15) is 4.72 Å². The maximum Gasteiger partial charge on any atom is 0.321 e. The van der Waals surface area contributed by atoms with Gasteiger partial charge in [-0.15, -0.1) is 11.3 Å². The van der Waals surface area contributed by atoms with Crippen molar-refractivity contribution >= 4 is 49.3 Å². The number of aromatic nitrogens is 1. The Labute approximate surface area is 210 Å². The van der Waals surface area contributed by atoms with Gasteiger partial charge in [0, 0.05) is 5.75 Å². The second-order valence-electron chi connectivity index (χ2n) is 8.26. The quantitative estimate of drug-likeness (QED) is 0.185. The number of benzene rings is 2. The van der Waals surface area contributed by atoms with E-state index in [0.717, 1.165) is 32.3 Å². The van der Waals surface area contributed by atoms with E-state index in [2.05, 4.69) is 16.6 Å². The van der Waals surface area contributed by atoms with Gasteiger partial charge in [0.1, 0.15) is 6.04 Å². The zero-order valence-electron chi connectivity index (χ0n) is 19.4. The number of fused-ring (bicyclic) bond motifs is 1. The number of hydrogen-bond donors (Lipinski definition) is 2. The third-order valence-electron chi connectivity index (χ3n) is 5.52. The minimum absolute atomic E-state index is 0.0640. The molecule has 0 aliphatic heterocycles. The van der Waals surface area contributed by atoms with Crippen molar-refractivity contribution in [2.24, 2.45) is 0 Å². The molecule has 34 heavy (non-hydrogen) atoms. The Balaban J connectivity index is 1.60. The van der Waals surface area contributed by atoms with Crippen LogP contribution < -0.4 is 4.72 Å². The zero-order valence-corrected chi connectivity index (χ0v) is 21.9. The highest BCUT2D eigenvalue weighted by atomic mass is 32.2. The highest BCUT2D eigenvalue weighted by Gasteiger charge is 2.25. The van der Waals surface area contributed by atoms with E-state index in [0.29, 0.717) is 12.8 Å². The predicted molar refractivity (Wildman–Crippen MR) is 140 cm³/mol. The second kappa shape index (κ2) is 13.2. The second-order valence-corrected chi connectivity index (χ2v) is 12.3. The lowest BCUT2D eigenvalue weighted by Crippen LogP contribution is -2.40. The average Bonchev–Trinajstić information content (AvgIpc) is 3.23. The summed E-state index contributed by atoms with van der Waals surface area (Å²) >= 11 is 3.18. The summed E-state index contributed by atoms with van der Waals surface area (Å²) in [6.07, 6.45) is 7.59. The van der Waals surface area contributed by atoms with Crippen LogP contribution >= 0.6 is 23.1 Å². The summed E-state index contributed by atoms with van der Waals surface area (Å²) in [6, 6.07) is 13.3. The van der Waals surface area contributed by atoms with Crippen molar-refractivity contribution in [1.82, 2.24) is 9.71 Å². The molecule has 0 spiro atoms. The fourth-order valence-corrected chi connectivity index (χ4v) is 7.12. The molecule has 0 aliphatic carbocycles. The number of aliphatic carboxylic acids is 1. The van der Waals surface area contributed by atoms with Gasteiger partial charge < -0.3 is 5.11 Å². The van der Waals surface area contributed by atoms with Crippen molar-refractivity contribution in [3.63, 3.8) is 0 Å². The van der Waals surface area contributed by atoms with E-state index in [1.54, 1.807) is 23.9 Å². The number of carboxylic acid groups (broad SMARTS) is 1. The summed E-state index contributed by atoms with van der Waals surface area (Å²) < 4.78 is 30.0. The van der Waals surface area contributed by atoms with Gasteiger partial charge in [0.2, 0.25) is 10.0 Å². The van der Waals surface area contributed by atoms with Gasteiger partial charge in [0.25, 0.3) is 0 Å². The molecule has 0 amide bonds. The van der Waals surface area contributed by atoms with Crippen LogP contribution in [0.25, 0.3) is 10.2 Å². The van der Waals surface area contributed by atoms with E-state index in [9.17, 15) is 18.3 Å². The third-order valence-corrected chi connectivity index (χ3v) is 9.24. The van der Waals surface area contributed by atoms with Crippen LogP contribution in [-0.2, 0) is 21.2 Å². The van der Waals surface area contributed by atoms with Crippen LogP contribution in [-0.4, -0.2) is 36.3 Å². The van der Waals surface area contributed by atoms with Crippen LogP contribution in [0.15, 0.2) is 57.8 Å². The van der Waals surface area contributed by atoms with Gasteiger partial charge in [0.15, 0.2) is 4.34 Å². The van der Waals surface area contributed by atoms with Crippen LogP contribution in [0, 0.1) is 0 Å². The van der Waals surface area contributed by atoms with E-state index in [4.69, 9.17) is 0 Å². The normalized spacial score (nSPS) is 12.7. The first-order valence-electron chi connectivity index (χ1n) is 11.7. The Hall–Kier alpha value is -1.94. The standard InChI is InChI=1S/C25H32N2O4S3/c1-2-3-4-5-9-17-32-25-26-21-16-15-20(18-23(21)33-25)34(30,31)27-22(24(28)29)14-10-13-19-11-7-6-8-12-19/h6-8,11-12,15-16,18,22,27H,2-5,9-10,13-14,17H2,1H3,(H,28,29). The molecule has 0 saturated carbocycles. The Kier molecular flexibility index (Phi) is 10.4. The summed E-state index contributed by atoms with van der Waals surface area (Å²) in [5.74, 6) is -0.174. The number of unbranched alkanes of at least 4 members (excludes halogenated alkanes) is 4. The summed E-state index contributed by atoms with van der Waals surface area (Å²) in [5, 5.41) is 9.57. The number of thiazole rings is 1. The molecule has 0 bridgehead atoms. The molecule has 0 aliphatic rings. The van der Waals surface area contributed by atoms with Crippen molar-refractivity contribution in [3.8, 4) is 0 Å². The molecule has 184 valence electrons. The lowest BCUT2D eigenvalue weighted by molar-refractivity contribution is -0.139. The molecule has 3 aromatic rings. The number of sulfonamides is 1. The summed E-state index contributed by atoms with van der Waals surface area (Å²) in [4.78, 5) is 16.4. The maximum atomic E-state index is 12.9. The van der Waals surface area contributed by atoms with Crippen molar-refractivity contribution in [1.29, 1.82) is 0 Å².